The highest BCUT2D eigenvalue weighted by molar-refractivity contribution is 7.89. The van der Waals surface area contributed by atoms with E-state index in [-0.39, 0.29) is 11.9 Å². The van der Waals surface area contributed by atoms with Crippen molar-refractivity contribution >= 4 is 21.6 Å². The Morgan fingerprint density at radius 1 is 1.03 bits per heavy atom. The fourth-order valence-electron chi connectivity index (χ4n) is 4.39. The van der Waals surface area contributed by atoms with Crippen LogP contribution in [0.1, 0.15) is 23.6 Å². The number of carbonyl (C=O) groups is 1. The Bertz CT molecular complexity index is 990. The predicted molar refractivity (Wildman–Crippen MR) is 119 cm³/mol. The minimum atomic E-state index is -3.54. The molecule has 2 aromatic carbocycles. The number of aryl methyl sites for hydroxylation is 3. The molecule has 1 N–H and O–H groups in total. The SMILES string of the molecule is Cc1cc(C)c(S(=O)(=O)N2CC[NH+]([C@@H](C)C(=O)N(C)c3ccccc3)CC2)c(C)c1. The first-order valence-corrected chi connectivity index (χ1v) is 11.8. The lowest BCUT2D eigenvalue weighted by Crippen LogP contribution is -3.19. The summed E-state index contributed by atoms with van der Waals surface area (Å²) in [6.07, 6.45) is 0. The summed E-state index contributed by atoms with van der Waals surface area (Å²) in [4.78, 5) is 16.2. The number of amides is 1. The number of hydrogen-bond donors (Lipinski definition) is 1. The summed E-state index contributed by atoms with van der Waals surface area (Å²) in [5.74, 6) is 0.0396. The van der Waals surface area contributed by atoms with E-state index in [1.54, 1.807) is 16.3 Å². The third kappa shape index (κ3) is 4.43. The van der Waals surface area contributed by atoms with Gasteiger partial charge in [-0.05, 0) is 51.0 Å². The highest BCUT2D eigenvalue weighted by Gasteiger charge is 2.36. The topological polar surface area (TPSA) is 62.1 Å². The molecular formula is C23H32N3O3S+. The smallest absolute Gasteiger partial charge is 0.284 e. The highest BCUT2D eigenvalue weighted by atomic mass is 32.2. The van der Waals surface area contributed by atoms with E-state index in [1.807, 2.05) is 70.2 Å². The van der Waals surface area contributed by atoms with Gasteiger partial charge in [-0.15, -0.1) is 0 Å². The standard InChI is InChI=1S/C23H31N3O3S/c1-17-15-18(2)22(19(3)16-17)30(28,29)26-13-11-25(12-14-26)20(4)23(27)24(5)21-9-7-6-8-10-21/h6-10,15-16,20H,11-14H2,1-5H3/p+1/t20-/m0/s1. The summed E-state index contributed by atoms with van der Waals surface area (Å²) in [6.45, 7) is 9.66. The molecule has 0 spiro atoms. The van der Waals surface area contributed by atoms with E-state index in [1.165, 1.54) is 0 Å². The molecular weight excluding hydrogens is 398 g/mol. The van der Waals surface area contributed by atoms with E-state index in [0.29, 0.717) is 31.1 Å². The van der Waals surface area contributed by atoms with Crippen molar-refractivity contribution in [2.45, 2.75) is 38.6 Å². The zero-order valence-corrected chi connectivity index (χ0v) is 19.3. The molecule has 1 fully saturated rings. The zero-order valence-electron chi connectivity index (χ0n) is 18.5. The lowest BCUT2D eigenvalue weighted by atomic mass is 10.1. The molecule has 0 saturated carbocycles. The molecule has 162 valence electrons. The van der Waals surface area contributed by atoms with Crippen molar-refractivity contribution in [2.24, 2.45) is 0 Å². The van der Waals surface area contributed by atoms with Gasteiger partial charge in [-0.3, -0.25) is 4.79 Å². The summed E-state index contributed by atoms with van der Waals surface area (Å²) >= 11 is 0. The monoisotopic (exact) mass is 430 g/mol. The van der Waals surface area contributed by atoms with Crippen LogP contribution in [0.15, 0.2) is 47.4 Å². The van der Waals surface area contributed by atoms with Crippen LogP contribution in [-0.2, 0) is 14.8 Å². The molecule has 3 rings (SSSR count). The fraction of sp³-hybridized carbons (Fsp3) is 0.435. The Morgan fingerprint density at radius 2 is 1.57 bits per heavy atom. The number of nitrogens with one attached hydrogen (secondary N) is 1. The Labute approximate surface area is 180 Å². The first-order valence-electron chi connectivity index (χ1n) is 10.4. The minimum absolute atomic E-state index is 0.0396. The van der Waals surface area contributed by atoms with E-state index in [4.69, 9.17) is 0 Å². The summed E-state index contributed by atoms with van der Waals surface area (Å²) in [6, 6.07) is 13.2. The third-order valence-corrected chi connectivity index (χ3v) is 8.23. The molecule has 6 nitrogen and oxygen atoms in total. The Hall–Kier alpha value is -2.22. The molecule has 30 heavy (non-hydrogen) atoms. The maximum absolute atomic E-state index is 13.3. The largest absolute Gasteiger partial charge is 0.323 e. The number of piperazine rings is 1. The summed E-state index contributed by atoms with van der Waals surface area (Å²) in [5, 5.41) is 0. The van der Waals surface area contributed by atoms with Crippen molar-refractivity contribution in [1.29, 1.82) is 0 Å². The molecule has 1 aliphatic rings. The van der Waals surface area contributed by atoms with Crippen LogP contribution < -0.4 is 9.80 Å². The van der Waals surface area contributed by atoms with Gasteiger partial charge in [0.25, 0.3) is 5.91 Å². The number of nitrogens with zero attached hydrogens (tertiary/aromatic N) is 2. The normalized spacial score (nSPS) is 17.0. The summed E-state index contributed by atoms with van der Waals surface area (Å²) in [5.41, 5.74) is 3.50. The number of benzene rings is 2. The van der Waals surface area contributed by atoms with E-state index >= 15 is 0 Å². The van der Waals surface area contributed by atoms with Gasteiger partial charge in [0.1, 0.15) is 0 Å². The van der Waals surface area contributed by atoms with Crippen molar-refractivity contribution in [2.75, 3.05) is 38.1 Å². The molecule has 1 amide bonds. The van der Waals surface area contributed by atoms with Crippen LogP contribution in [0.5, 0.6) is 0 Å². The number of carbonyl (C=O) groups excluding carboxylic acids is 1. The molecule has 1 saturated heterocycles. The Kier molecular flexibility index (Phi) is 6.65. The van der Waals surface area contributed by atoms with E-state index < -0.39 is 10.0 Å². The maximum atomic E-state index is 13.3. The predicted octanol–water partition coefficient (Wildman–Crippen LogP) is 1.55. The van der Waals surface area contributed by atoms with Gasteiger partial charge in [-0.25, -0.2) is 8.42 Å². The van der Waals surface area contributed by atoms with Crippen molar-refractivity contribution in [3.63, 3.8) is 0 Å². The van der Waals surface area contributed by atoms with Crippen LogP contribution in [-0.4, -0.2) is 57.9 Å². The lowest BCUT2D eigenvalue weighted by molar-refractivity contribution is -0.917. The van der Waals surface area contributed by atoms with Crippen LogP contribution in [0, 0.1) is 20.8 Å². The molecule has 0 bridgehead atoms. The first kappa shape index (κ1) is 22.5. The number of hydrogen-bond acceptors (Lipinski definition) is 3. The van der Waals surface area contributed by atoms with Gasteiger partial charge in [0.15, 0.2) is 6.04 Å². The zero-order chi connectivity index (χ0) is 22.1. The molecule has 1 aliphatic heterocycles. The van der Waals surface area contributed by atoms with E-state index in [9.17, 15) is 13.2 Å². The maximum Gasteiger partial charge on any atom is 0.284 e. The first-order chi connectivity index (χ1) is 14.1. The molecule has 1 atom stereocenters. The fourth-order valence-corrected chi connectivity index (χ4v) is 6.25. The Balaban J connectivity index is 1.69. The lowest BCUT2D eigenvalue weighted by Gasteiger charge is -2.35. The average molecular weight is 431 g/mol. The van der Waals surface area contributed by atoms with Crippen LogP contribution in [0.4, 0.5) is 5.69 Å². The summed E-state index contributed by atoms with van der Waals surface area (Å²) < 4.78 is 28.1. The van der Waals surface area contributed by atoms with Crippen LogP contribution in [0.2, 0.25) is 0 Å². The van der Waals surface area contributed by atoms with Crippen molar-refractivity contribution in [3.05, 3.63) is 59.2 Å². The molecule has 2 aromatic rings. The van der Waals surface area contributed by atoms with Gasteiger partial charge < -0.3 is 9.80 Å². The second-order valence-corrected chi connectivity index (χ2v) is 10.1. The van der Waals surface area contributed by atoms with Crippen molar-refractivity contribution in [1.82, 2.24) is 4.31 Å². The molecule has 0 aromatic heterocycles. The van der Waals surface area contributed by atoms with Gasteiger partial charge >= 0.3 is 0 Å². The number of likely N-dealkylation sites (N-methyl/N-ethyl adjacent to an activating group) is 1. The number of para-hydroxylation sites is 1. The number of quaternary nitrogens is 1. The third-order valence-electron chi connectivity index (χ3n) is 6.02. The second kappa shape index (κ2) is 8.88. The second-order valence-electron chi connectivity index (χ2n) is 8.24. The van der Waals surface area contributed by atoms with Crippen molar-refractivity contribution in [3.8, 4) is 0 Å². The summed E-state index contributed by atoms with van der Waals surface area (Å²) in [7, 11) is -1.76. The number of anilines is 1. The van der Waals surface area contributed by atoms with Gasteiger partial charge in [0.05, 0.1) is 31.1 Å². The van der Waals surface area contributed by atoms with Gasteiger partial charge in [0.2, 0.25) is 10.0 Å². The average Bonchev–Trinajstić information content (AvgIpc) is 2.72. The number of sulfonamides is 1. The molecule has 1 heterocycles. The van der Waals surface area contributed by atoms with E-state index in [0.717, 1.165) is 27.3 Å². The molecule has 0 radical (unpaired) electrons. The van der Waals surface area contributed by atoms with Gasteiger partial charge in [-0.2, -0.15) is 4.31 Å². The molecule has 7 heteroatoms. The highest BCUT2D eigenvalue weighted by Crippen LogP contribution is 2.25. The van der Waals surface area contributed by atoms with Gasteiger partial charge in [-0.1, -0.05) is 35.9 Å². The van der Waals surface area contributed by atoms with Crippen molar-refractivity contribution < 1.29 is 18.1 Å². The van der Waals surface area contributed by atoms with Crippen LogP contribution >= 0.6 is 0 Å². The minimum Gasteiger partial charge on any atom is -0.323 e. The Morgan fingerprint density at radius 3 is 2.10 bits per heavy atom. The van der Waals surface area contributed by atoms with E-state index in [2.05, 4.69) is 0 Å². The molecule has 0 unspecified atom stereocenters. The molecule has 0 aliphatic carbocycles. The quantitative estimate of drug-likeness (QED) is 0.783. The van der Waals surface area contributed by atoms with Crippen LogP contribution in [0.25, 0.3) is 0 Å². The van der Waals surface area contributed by atoms with Gasteiger partial charge in [0, 0.05) is 12.7 Å². The number of rotatable bonds is 5. The van der Waals surface area contributed by atoms with Crippen LogP contribution in [0.3, 0.4) is 0 Å².